The number of halogens is 2. The summed E-state index contributed by atoms with van der Waals surface area (Å²) in [5.74, 6) is 0. The maximum atomic E-state index is 10.8. The molecule has 0 aromatic carbocycles. The van der Waals surface area contributed by atoms with Gasteiger partial charge in [0.05, 0.1) is 12.9 Å². The van der Waals surface area contributed by atoms with Gasteiger partial charge in [0.25, 0.3) is 9.05 Å². The third kappa shape index (κ3) is 3.13. The van der Waals surface area contributed by atoms with Gasteiger partial charge in [0.15, 0.2) is 5.03 Å². The molecular weight excluding hydrogens is 280 g/mol. The molecule has 0 radical (unpaired) electrons. The van der Waals surface area contributed by atoms with Crippen LogP contribution < -0.4 is 0 Å². The van der Waals surface area contributed by atoms with Crippen LogP contribution in [0, 0.1) is 0 Å². The van der Waals surface area contributed by atoms with Crippen molar-refractivity contribution in [3.63, 3.8) is 0 Å². The van der Waals surface area contributed by atoms with E-state index in [0.717, 1.165) is 4.48 Å². The number of hydrogen-bond acceptors (Lipinski definition) is 3. The van der Waals surface area contributed by atoms with Crippen molar-refractivity contribution in [3.8, 4) is 0 Å². The minimum atomic E-state index is -3.72. The van der Waals surface area contributed by atoms with Crippen LogP contribution in [0.3, 0.4) is 0 Å². The third-order valence-corrected chi connectivity index (χ3v) is 2.65. The van der Waals surface area contributed by atoms with Gasteiger partial charge in [-0.25, -0.2) is 13.4 Å². The lowest BCUT2D eigenvalue weighted by molar-refractivity contribution is 0.606. The Kier molecular flexibility index (Phi) is 3.15. The normalized spacial score (nSPS) is 11.5. The zero-order valence-electron chi connectivity index (χ0n) is 6.44. The van der Waals surface area contributed by atoms with Gasteiger partial charge in [-0.15, -0.1) is 0 Å². The summed E-state index contributed by atoms with van der Waals surface area (Å²) in [5.41, 5.74) is 0. The molecule has 0 aliphatic rings. The van der Waals surface area contributed by atoms with Crippen LogP contribution in [0.15, 0.2) is 28.6 Å². The van der Waals surface area contributed by atoms with E-state index >= 15 is 0 Å². The molecule has 0 amide bonds. The van der Waals surface area contributed by atoms with E-state index in [9.17, 15) is 8.42 Å². The van der Waals surface area contributed by atoms with Crippen LogP contribution in [0.5, 0.6) is 0 Å². The number of allylic oxidation sites excluding steroid dienone is 1. The minimum absolute atomic E-state index is 0.150. The molecule has 4 nitrogen and oxygen atoms in total. The topological polar surface area (TPSA) is 52.0 Å². The number of imidazole rings is 1. The van der Waals surface area contributed by atoms with Gasteiger partial charge < -0.3 is 4.57 Å². The monoisotopic (exact) mass is 284 g/mol. The van der Waals surface area contributed by atoms with E-state index in [1.165, 1.54) is 12.5 Å². The molecule has 7 heteroatoms. The molecule has 0 unspecified atom stereocenters. The third-order valence-electron chi connectivity index (χ3n) is 1.21. The minimum Gasteiger partial charge on any atom is -0.331 e. The van der Waals surface area contributed by atoms with Crippen LogP contribution >= 0.6 is 26.6 Å². The summed E-state index contributed by atoms with van der Waals surface area (Å²) in [6.45, 7) is 4.07. The van der Waals surface area contributed by atoms with Gasteiger partial charge in [-0.2, -0.15) is 0 Å². The van der Waals surface area contributed by atoms with Crippen molar-refractivity contribution in [2.24, 2.45) is 0 Å². The molecule has 1 aromatic heterocycles. The van der Waals surface area contributed by atoms with E-state index in [1.54, 1.807) is 4.57 Å². The molecule has 0 fully saturated rings. The molecule has 1 rings (SSSR count). The zero-order chi connectivity index (χ0) is 10.1. The Hall–Kier alpha value is -0.330. The van der Waals surface area contributed by atoms with Crippen LogP contribution in [-0.4, -0.2) is 18.0 Å². The fraction of sp³-hybridized carbons (Fsp3) is 0.167. The smallest absolute Gasteiger partial charge is 0.280 e. The largest absolute Gasteiger partial charge is 0.331 e. The van der Waals surface area contributed by atoms with Crippen molar-refractivity contribution in [1.82, 2.24) is 9.55 Å². The fourth-order valence-corrected chi connectivity index (χ4v) is 1.71. The Morgan fingerprint density at radius 2 is 2.38 bits per heavy atom. The first-order valence-electron chi connectivity index (χ1n) is 3.19. The fourth-order valence-electron chi connectivity index (χ4n) is 0.750. The molecule has 72 valence electrons. The standard InChI is InChI=1S/C6H6BrClN2O2S/c1-5(7)2-10-3-6(9-4-10)13(8,11)12/h3-4H,1-2H2. The summed E-state index contributed by atoms with van der Waals surface area (Å²) >= 11 is 3.15. The summed E-state index contributed by atoms with van der Waals surface area (Å²) in [6, 6.07) is 0. The molecule has 1 heterocycles. The molecule has 0 aliphatic carbocycles. The van der Waals surface area contributed by atoms with E-state index < -0.39 is 9.05 Å². The number of nitrogens with zero attached hydrogens (tertiary/aromatic N) is 2. The van der Waals surface area contributed by atoms with Crippen molar-refractivity contribution in [1.29, 1.82) is 0 Å². The average Bonchev–Trinajstić information content (AvgIpc) is 2.32. The van der Waals surface area contributed by atoms with Crippen molar-refractivity contribution in [2.75, 3.05) is 0 Å². The highest BCUT2D eigenvalue weighted by Gasteiger charge is 2.13. The predicted molar refractivity (Wildman–Crippen MR) is 53.3 cm³/mol. The van der Waals surface area contributed by atoms with Crippen molar-refractivity contribution in [2.45, 2.75) is 11.6 Å². The summed E-state index contributed by atoms with van der Waals surface area (Å²) in [7, 11) is 1.35. The lowest BCUT2D eigenvalue weighted by atomic mass is 10.6. The van der Waals surface area contributed by atoms with Gasteiger partial charge in [0.1, 0.15) is 0 Å². The lowest BCUT2D eigenvalue weighted by Gasteiger charge is -1.96. The average molecular weight is 286 g/mol. The van der Waals surface area contributed by atoms with E-state index in [0.29, 0.717) is 6.54 Å². The van der Waals surface area contributed by atoms with E-state index in [-0.39, 0.29) is 5.03 Å². The molecular formula is C6H6BrClN2O2S. The van der Waals surface area contributed by atoms with Crippen LogP contribution in [-0.2, 0) is 15.6 Å². The first-order valence-corrected chi connectivity index (χ1v) is 6.29. The Balaban J connectivity index is 2.94. The van der Waals surface area contributed by atoms with Crippen LogP contribution in [0.25, 0.3) is 0 Å². The van der Waals surface area contributed by atoms with Gasteiger partial charge in [-0.3, -0.25) is 0 Å². The van der Waals surface area contributed by atoms with E-state index in [2.05, 4.69) is 27.5 Å². The molecule has 0 atom stereocenters. The van der Waals surface area contributed by atoms with Crippen molar-refractivity contribution >= 4 is 35.7 Å². The van der Waals surface area contributed by atoms with Crippen molar-refractivity contribution < 1.29 is 8.42 Å². The number of aromatic nitrogens is 2. The Labute approximate surface area is 88.8 Å². The molecule has 0 spiro atoms. The number of hydrogen-bond donors (Lipinski definition) is 0. The van der Waals surface area contributed by atoms with Gasteiger partial charge in [-0.1, -0.05) is 22.5 Å². The van der Waals surface area contributed by atoms with Gasteiger partial charge in [0, 0.05) is 21.4 Å². The highest BCUT2D eigenvalue weighted by Crippen LogP contribution is 2.13. The second-order valence-corrected chi connectivity index (χ2v) is 5.97. The van der Waals surface area contributed by atoms with Crippen LogP contribution in [0.4, 0.5) is 0 Å². The quantitative estimate of drug-likeness (QED) is 0.795. The van der Waals surface area contributed by atoms with Crippen molar-refractivity contribution in [3.05, 3.63) is 23.6 Å². The SMILES string of the molecule is C=C(Br)Cn1cnc(S(=O)(=O)Cl)c1. The Morgan fingerprint density at radius 1 is 1.77 bits per heavy atom. The summed E-state index contributed by atoms with van der Waals surface area (Å²) in [5, 5.41) is -0.150. The summed E-state index contributed by atoms with van der Waals surface area (Å²) in [6.07, 6.45) is 2.72. The molecule has 0 bridgehead atoms. The van der Waals surface area contributed by atoms with E-state index in [1.807, 2.05) is 0 Å². The second-order valence-electron chi connectivity index (χ2n) is 2.34. The molecule has 0 saturated heterocycles. The van der Waals surface area contributed by atoms with Gasteiger partial charge in [-0.05, 0) is 0 Å². The maximum Gasteiger partial charge on any atom is 0.280 e. The molecule has 0 saturated carbocycles. The van der Waals surface area contributed by atoms with E-state index in [4.69, 9.17) is 10.7 Å². The predicted octanol–water partition coefficient (Wildman–Crippen LogP) is 1.72. The van der Waals surface area contributed by atoms with Crippen LogP contribution in [0.1, 0.15) is 0 Å². The first-order chi connectivity index (χ1) is 5.89. The zero-order valence-corrected chi connectivity index (χ0v) is 9.60. The maximum absolute atomic E-state index is 10.8. The second kappa shape index (κ2) is 3.81. The molecule has 13 heavy (non-hydrogen) atoms. The highest BCUT2D eigenvalue weighted by molar-refractivity contribution is 9.11. The Morgan fingerprint density at radius 3 is 2.77 bits per heavy atom. The summed E-state index contributed by atoms with van der Waals surface area (Å²) < 4.78 is 23.9. The Bertz CT molecular complexity index is 426. The first kappa shape index (κ1) is 10.7. The molecule has 0 aliphatic heterocycles. The highest BCUT2D eigenvalue weighted by atomic mass is 79.9. The number of rotatable bonds is 3. The molecule has 1 aromatic rings. The van der Waals surface area contributed by atoms with Gasteiger partial charge >= 0.3 is 0 Å². The van der Waals surface area contributed by atoms with Crippen LogP contribution in [0.2, 0.25) is 0 Å². The molecule has 0 N–H and O–H groups in total. The summed E-state index contributed by atoms with van der Waals surface area (Å²) in [4.78, 5) is 3.62. The lowest BCUT2D eigenvalue weighted by Crippen LogP contribution is -1.93. The van der Waals surface area contributed by atoms with Gasteiger partial charge in [0.2, 0.25) is 0 Å².